The molecule has 4 rings (SSSR count). The molecular weight excluding hydrogens is 372 g/mol. The average molecular weight is 397 g/mol. The Morgan fingerprint density at radius 1 is 1.18 bits per heavy atom. The predicted octanol–water partition coefficient (Wildman–Crippen LogP) is 4.61. The Balaban J connectivity index is 1.46. The van der Waals surface area contributed by atoms with Gasteiger partial charge in [-0.15, -0.1) is 11.3 Å². The molecule has 0 bridgehead atoms. The van der Waals surface area contributed by atoms with Gasteiger partial charge >= 0.3 is 0 Å². The number of aryl methyl sites for hydroxylation is 1. The van der Waals surface area contributed by atoms with Crippen LogP contribution in [0, 0.1) is 0 Å². The van der Waals surface area contributed by atoms with Crippen LogP contribution in [0.4, 0.5) is 0 Å². The highest BCUT2D eigenvalue weighted by molar-refractivity contribution is 7.18. The van der Waals surface area contributed by atoms with E-state index in [2.05, 4.69) is 11.1 Å². The molecule has 28 heavy (non-hydrogen) atoms. The molecule has 2 aromatic carbocycles. The molecule has 146 valence electrons. The Labute approximate surface area is 168 Å². The average Bonchev–Trinajstić information content (AvgIpc) is 3.38. The first-order valence-electron chi connectivity index (χ1n) is 9.55. The lowest BCUT2D eigenvalue weighted by Gasteiger charge is -2.25. The maximum absolute atomic E-state index is 12.9. The smallest absolute Gasteiger partial charge is 0.223 e. The van der Waals surface area contributed by atoms with Crippen molar-refractivity contribution in [1.29, 1.82) is 0 Å². The number of methoxy groups -OCH3 is 2. The van der Waals surface area contributed by atoms with Crippen LogP contribution in [0.3, 0.4) is 0 Å². The van der Waals surface area contributed by atoms with E-state index >= 15 is 0 Å². The van der Waals surface area contributed by atoms with Gasteiger partial charge in [0.05, 0.1) is 35.5 Å². The van der Waals surface area contributed by atoms with Gasteiger partial charge in [-0.2, -0.15) is 0 Å². The first-order chi connectivity index (χ1) is 13.7. The van der Waals surface area contributed by atoms with Gasteiger partial charge in [-0.25, -0.2) is 4.98 Å². The van der Waals surface area contributed by atoms with Crippen LogP contribution < -0.4 is 9.47 Å². The van der Waals surface area contributed by atoms with Crippen LogP contribution in [0.5, 0.6) is 11.5 Å². The molecule has 1 unspecified atom stereocenters. The number of thiazole rings is 1. The maximum atomic E-state index is 12.9. The minimum atomic E-state index is 0.0997. The summed E-state index contributed by atoms with van der Waals surface area (Å²) in [4.78, 5) is 19.6. The minimum Gasteiger partial charge on any atom is -0.493 e. The number of likely N-dealkylation sites (tertiary alicyclic amines) is 1. The lowest BCUT2D eigenvalue weighted by molar-refractivity contribution is -0.132. The van der Waals surface area contributed by atoms with E-state index in [-0.39, 0.29) is 11.9 Å². The van der Waals surface area contributed by atoms with Gasteiger partial charge < -0.3 is 14.4 Å². The number of hydrogen-bond donors (Lipinski definition) is 0. The van der Waals surface area contributed by atoms with Crippen LogP contribution in [-0.4, -0.2) is 36.6 Å². The molecule has 0 saturated carbocycles. The van der Waals surface area contributed by atoms with E-state index in [0.29, 0.717) is 24.3 Å². The van der Waals surface area contributed by atoms with E-state index in [1.165, 1.54) is 4.70 Å². The second kappa shape index (κ2) is 8.19. The van der Waals surface area contributed by atoms with Gasteiger partial charge in [0.15, 0.2) is 11.5 Å². The number of aromatic nitrogens is 1. The Morgan fingerprint density at radius 2 is 2.00 bits per heavy atom. The minimum absolute atomic E-state index is 0.0997. The van der Waals surface area contributed by atoms with E-state index in [1.54, 1.807) is 25.6 Å². The fourth-order valence-corrected chi connectivity index (χ4v) is 4.82. The summed E-state index contributed by atoms with van der Waals surface area (Å²) in [5, 5.41) is 1.02. The highest BCUT2D eigenvalue weighted by atomic mass is 32.1. The molecular formula is C22H24N2O3S. The standard InChI is InChI=1S/C22H24N2O3S/c1-26-18-10-9-15(14-19(18)27-2)17-7-5-13-24(17)22(25)12-11-21-23-16-6-3-4-8-20(16)28-21/h3-4,6,8-10,14,17H,5,7,11-13H2,1-2H3. The third kappa shape index (κ3) is 3.69. The molecule has 0 aliphatic carbocycles. The molecule has 1 amide bonds. The van der Waals surface area contributed by atoms with Crippen LogP contribution in [0.15, 0.2) is 42.5 Å². The number of carbonyl (C=O) groups is 1. The second-order valence-corrected chi connectivity index (χ2v) is 8.05. The van der Waals surface area contributed by atoms with Crippen molar-refractivity contribution in [3.63, 3.8) is 0 Å². The summed E-state index contributed by atoms with van der Waals surface area (Å²) in [6.07, 6.45) is 3.17. The van der Waals surface area contributed by atoms with Crippen LogP contribution >= 0.6 is 11.3 Å². The summed E-state index contributed by atoms with van der Waals surface area (Å²) in [5.74, 6) is 1.60. The van der Waals surface area contributed by atoms with E-state index in [9.17, 15) is 4.79 Å². The quantitative estimate of drug-likeness (QED) is 0.611. The van der Waals surface area contributed by atoms with E-state index in [4.69, 9.17) is 9.47 Å². The molecule has 1 fully saturated rings. The van der Waals surface area contributed by atoms with Gasteiger partial charge in [0.25, 0.3) is 0 Å². The maximum Gasteiger partial charge on any atom is 0.223 e. The summed E-state index contributed by atoms with van der Waals surface area (Å²) in [7, 11) is 3.27. The van der Waals surface area contributed by atoms with Crippen LogP contribution in [-0.2, 0) is 11.2 Å². The number of nitrogens with zero attached hydrogens (tertiary/aromatic N) is 2. The first-order valence-corrected chi connectivity index (χ1v) is 10.4. The third-order valence-corrected chi connectivity index (χ3v) is 6.35. The normalized spacial score (nSPS) is 16.5. The number of hydrogen-bond acceptors (Lipinski definition) is 5. The fourth-order valence-electron chi connectivity index (χ4n) is 3.86. The van der Waals surface area contributed by atoms with Crippen molar-refractivity contribution in [2.45, 2.75) is 31.7 Å². The Hall–Kier alpha value is -2.60. The van der Waals surface area contributed by atoms with Gasteiger partial charge in [-0.3, -0.25) is 4.79 Å². The zero-order valence-electron chi connectivity index (χ0n) is 16.2. The summed E-state index contributed by atoms with van der Waals surface area (Å²) >= 11 is 1.68. The van der Waals surface area contributed by atoms with Crippen molar-refractivity contribution in [2.24, 2.45) is 0 Å². The number of benzene rings is 2. The summed E-state index contributed by atoms with van der Waals surface area (Å²) in [6.45, 7) is 0.803. The fraction of sp³-hybridized carbons (Fsp3) is 0.364. The van der Waals surface area contributed by atoms with Crippen molar-refractivity contribution in [3.8, 4) is 11.5 Å². The largest absolute Gasteiger partial charge is 0.493 e. The predicted molar refractivity (Wildman–Crippen MR) is 111 cm³/mol. The second-order valence-electron chi connectivity index (χ2n) is 6.93. The lowest BCUT2D eigenvalue weighted by atomic mass is 10.0. The summed E-state index contributed by atoms with van der Waals surface area (Å²) in [6, 6.07) is 14.1. The molecule has 0 spiro atoms. The van der Waals surface area contributed by atoms with Crippen molar-refractivity contribution in [2.75, 3.05) is 20.8 Å². The number of amides is 1. The zero-order chi connectivity index (χ0) is 19.5. The van der Waals surface area contributed by atoms with Crippen LogP contribution in [0.1, 0.15) is 35.9 Å². The Kier molecular flexibility index (Phi) is 5.48. The van der Waals surface area contributed by atoms with E-state index in [0.717, 1.165) is 35.5 Å². The number of fused-ring (bicyclic) bond motifs is 1. The lowest BCUT2D eigenvalue weighted by Crippen LogP contribution is -2.30. The van der Waals surface area contributed by atoms with Gasteiger partial charge in [-0.1, -0.05) is 18.2 Å². The zero-order valence-corrected chi connectivity index (χ0v) is 17.0. The van der Waals surface area contributed by atoms with Crippen LogP contribution in [0.25, 0.3) is 10.2 Å². The summed E-state index contributed by atoms with van der Waals surface area (Å²) in [5.41, 5.74) is 2.11. The molecule has 5 nitrogen and oxygen atoms in total. The SMILES string of the molecule is COc1ccc(C2CCCN2C(=O)CCc2nc3ccccc3s2)cc1OC. The highest BCUT2D eigenvalue weighted by Crippen LogP contribution is 2.37. The van der Waals surface area contributed by atoms with E-state index < -0.39 is 0 Å². The molecule has 1 atom stereocenters. The molecule has 1 aliphatic rings. The summed E-state index contributed by atoms with van der Waals surface area (Å²) < 4.78 is 11.9. The molecule has 1 saturated heterocycles. The molecule has 3 aromatic rings. The van der Waals surface area contributed by atoms with E-state index in [1.807, 2.05) is 41.3 Å². The molecule has 0 radical (unpaired) electrons. The van der Waals surface area contributed by atoms with Crippen LogP contribution in [0.2, 0.25) is 0 Å². The van der Waals surface area contributed by atoms with Gasteiger partial charge in [0.1, 0.15) is 0 Å². The highest BCUT2D eigenvalue weighted by Gasteiger charge is 2.30. The van der Waals surface area contributed by atoms with Crippen molar-refractivity contribution in [3.05, 3.63) is 53.0 Å². The monoisotopic (exact) mass is 396 g/mol. The number of rotatable bonds is 6. The molecule has 1 aliphatic heterocycles. The Bertz CT molecular complexity index is 952. The van der Waals surface area contributed by atoms with Crippen molar-refractivity contribution in [1.82, 2.24) is 9.88 Å². The Morgan fingerprint density at radius 3 is 2.79 bits per heavy atom. The molecule has 0 N–H and O–H groups in total. The number of ether oxygens (including phenoxy) is 2. The molecule has 1 aromatic heterocycles. The molecule has 2 heterocycles. The van der Waals surface area contributed by atoms with Gasteiger partial charge in [0.2, 0.25) is 5.91 Å². The van der Waals surface area contributed by atoms with Crippen molar-refractivity contribution >= 4 is 27.5 Å². The number of para-hydroxylation sites is 1. The topological polar surface area (TPSA) is 51.7 Å². The van der Waals surface area contributed by atoms with Crippen molar-refractivity contribution < 1.29 is 14.3 Å². The number of carbonyl (C=O) groups excluding carboxylic acids is 1. The van der Waals surface area contributed by atoms with Gasteiger partial charge in [-0.05, 0) is 42.7 Å². The third-order valence-electron chi connectivity index (χ3n) is 5.26. The van der Waals surface area contributed by atoms with Gasteiger partial charge in [0, 0.05) is 19.4 Å². The first kappa shape index (κ1) is 18.7. The molecule has 6 heteroatoms.